The van der Waals surface area contributed by atoms with Crippen molar-refractivity contribution < 1.29 is 9.13 Å². The fourth-order valence-corrected chi connectivity index (χ4v) is 2.70. The zero-order valence-electron chi connectivity index (χ0n) is 13.2. The van der Waals surface area contributed by atoms with Crippen molar-refractivity contribution in [2.24, 2.45) is 0 Å². The lowest BCUT2D eigenvalue weighted by Crippen LogP contribution is -2.14. The van der Waals surface area contributed by atoms with Gasteiger partial charge in [0.25, 0.3) is 0 Å². The lowest BCUT2D eigenvalue weighted by atomic mass is 9.85. The first kappa shape index (κ1) is 14.6. The molecular weight excluding hydrogens is 279 g/mol. The topological polar surface area (TPSA) is 26.5 Å². The highest BCUT2D eigenvalue weighted by Crippen LogP contribution is 2.38. The molecule has 3 nitrogen and oxygen atoms in total. The van der Waals surface area contributed by atoms with Gasteiger partial charge in [0.15, 0.2) is 0 Å². The third-order valence-electron chi connectivity index (χ3n) is 3.82. The van der Waals surface area contributed by atoms with Gasteiger partial charge in [0.05, 0.1) is 12.7 Å². The number of fused-ring (bicyclic) bond motifs is 1. The Morgan fingerprint density at radius 1 is 1.14 bits per heavy atom. The highest BCUT2D eigenvalue weighted by Gasteiger charge is 2.23. The number of rotatable bonds is 2. The first-order valence-electron chi connectivity index (χ1n) is 7.22. The van der Waals surface area contributed by atoms with E-state index in [-0.39, 0.29) is 11.2 Å². The van der Waals surface area contributed by atoms with E-state index in [1.165, 1.54) is 0 Å². The van der Waals surface area contributed by atoms with Gasteiger partial charge in [-0.05, 0) is 17.0 Å². The van der Waals surface area contributed by atoms with Gasteiger partial charge in [-0.1, -0.05) is 39.0 Å². The number of methoxy groups -OCH3 is 1. The van der Waals surface area contributed by atoms with Gasteiger partial charge in [-0.15, -0.1) is 0 Å². The average molecular weight is 298 g/mol. The molecule has 3 rings (SSSR count). The van der Waals surface area contributed by atoms with Crippen molar-refractivity contribution in [3.8, 4) is 16.9 Å². The second kappa shape index (κ2) is 5.13. The quantitative estimate of drug-likeness (QED) is 0.699. The van der Waals surface area contributed by atoms with Gasteiger partial charge in [0.2, 0.25) is 0 Å². The van der Waals surface area contributed by atoms with Gasteiger partial charge in [-0.2, -0.15) is 0 Å². The maximum Gasteiger partial charge on any atom is 0.148 e. The number of aromatic nitrogens is 2. The summed E-state index contributed by atoms with van der Waals surface area (Å²) in [7, 11) is 1.59. The molecule has 0 spiro atoms. The molecule has 0 amide bonds. The van der Waals surface area contributed by atoms with Crippen molar-refractivity contribution in [2.45, 2.75) is 26.2 Å². The minimum Gasteiger partial charge on any atom is -0.496 e. The van der Waals surface area contributed by atoms with Gasteiger partial charge < -0.3 is 9.14 Å². The van der Waals surface area contributed by atoms with Crippen LogP contribution < -0.4 is 4.74 Å². The van der Waals surface area contributed by atoms with Crippen LogP contribution in [-0.2, 0) is 5.41 Å². The molecular formula is C18H19FN2O. The summed E-state index contributed by atoms with van der Waals surface area (Å²) in [5.74, 6) is 0.396. The van der Waals surface area contributed by atoms with Crippen LogP contribution in [0.3, 0.4) is 0 Å². The Hall–Kier alpha value is -2.36. The Morgan fingerprint density at radius 2 is 1.91 bits per heavy atom. The third kappa shape index (κ3) is 2.25. The van der Waals surface area contributed by atoms with E-state index in [9.17, 15) is 0 Å². The zero-order chi connectivity index (χ0) is 15.9. The molecule has 114 valence electrons. The number of pyridine rings is 1. The fraction of sp³-hybridized carbons (Fsp3) is 0.278. The van der Waals surface area contributed by atoms with Gasteiger partial charge in [-0.25, -0.2) is 9.37 Å². The van der Waals surface area contributed by atoms with E-state index in [0.29, 0.717) is 28.1 Å². The number of halogens is 1. The minimum absolute atomic E-state index is 0.218. The van der Waals surface area contributed by atoms with Crippen LogP contribution in [0.2, 0.25) is 0 Å². The van der Waals surface area contributed by atoms with E-state index in [0.717, 1.165) is 0 Å². The number of hydrogen-bond acceptors (Lipinski definition) is 2. The highest BCUT2D eigenvalue weighted by atomic mass is 19.1. The lowest BCUT2D eigenvalue weighted by Gasteiger charge is -2.21. The standard InChI is InChI=1S/C18H19FN2O/c1-18(2,3)13-7-5-6-12(16(13)19)15-14(22-4)8-10-21-11-9-20-17(15)21/h5-11H,1-4H3. The Kier molecular flexibility index (Phi) is 3.39. The van der Waals surface area contributed by atoms with E-state index >= 15 is 4.39 Å². The molecule has 0 unspecified atom stereocenters. The number of ether oxygens (including phenoxy) is 1. The molecule has 0 saturated heterocycles. The van der Waals surface area contributed by atoms with Gasteiger partial charge in [0.1, 0.15) is 17.2 Å². The number of imidazole rings is 1. The molecule has 2 heterocycles. The van der Waals surface area contributed by atoms with Crippen molar-refractivity contribution in [1.82, 2.24) is 9.38 Å². The zero-order valence-corrected chi connectivity index (χ0v) is 13.2. The van der Waals surface area contributed by atoms with Crippen LogP contribution in [0.1, 0.15) is 26.3 Å². The van der Waals surface area contributed by atoms with E-state index in [1.54, 1.807) is 19.4 Å². The predicted octanol–water partition coefficient (Wildman–Crippen LogP) is 4.45. The van der Waals surface area contributed by atoms with Crippen LogP contribution >= 0.6 is 0 Å². The number of hydrogen-bond donors (Lipinski definition) is 0. The molecule has 0 fully saturated rings. The second-order valence-electron chi connectivity index (χ2n) is 6.33. The lowest BCUT2D eigenvalue weighted by molar-refractivity contribution is 0.416. The molecule has 0 saturated carbocycles. The molecule has 0 radical (unpaired) electrons. The van der Waals surface area contributed by atoms with E-state index in [1.807, 2.05) is 55.8 Å². The molecule has 0 atom stereocenters. The summed E-state index contributed by atoms with van der Waals surface area (Å²) in [5, 5.41) is 0. The molecule has 0 aliphatic heterocycles. The molecule has 2 aromatic heterocycles. The summed E-state index contributed by atoms with van der Waals surface area (Å²) in [6, 6.07) is 7.31. The maximum absolute atomic E-state index is 15.1. The molecule has 4 heteroatoms. The normalized spacial score (nSPS) is 11.9. The molecule has 1 aromatic carbocycles. The fourth-order valence-electron chi connectivity index (χ4n) is 2.70. The van der Waals surface area contributed by atoms with Crippen molar-refractivity contribution in [1.29, 1.82) is 0 Å². The molecule has 0 bridgehead atoms. The van der Waals surface area contributed by atoms with Crippen LogP contribution in [0.5, 0.6) is 5.75 Å². The van der Waals surface area contributed by atoms with Gasteiger partial charge in [-0.3, -0.25) is 0 Å². The smallest absolute Gasteiger partial charge is 0.148 e. The van der Waals surface area contributed by atoms with Crippen LogP contribution in [0.25, 0.3) is 16.8 Å². The third-order valence-corrected chi connectivity index (χ3v) is 3.82. The van der Waals surface area contributed by atoms with Crippen LogP contribution in [0.15, 0.2) is 42.9 Å². The average Bonchev–Trinajstić information content (AvgIpc) is 2.94. The summed E-state index contributed by atoms with van der Waals surface area (Å²) < 4.78 is 22.4. The summed E-state index contributed by atoms with van der Waals surface area (Å²) in [5.41, 5.74) is 2.29. The van der Waals surface area contributed by atoms with Crippen LogP contribution in [0.4, 0.5) is 4.39 Å². The van der Waals surface area contributed by atoms with Gasteiger partial charge in [0, 0.05) is 24.2 Å². The summed E-state index contributed by atoms with van der Waals surface area (Å²) in [4.78, 5) is 4.35. The largest absolute Gasteiger partial charge is 0.496 e. The summed E-state index contributed by atoms with van der Waals surface area (Å²) in [6.45, 7) is 6.01. The first-order valence-corrected chi connectivity index (χ1v) is 7.22. The first-order chi connectivity index (χ1) is 10.4. The SMILES string of the molecule is COc1ccn2ccnc2c1-c1cccc(C(C)(C)C)c1F. The summed E-state index contributed by atoms with van der Waals surface area (Å²) in [6.07, 6.45) is 5.39. The van der Waals surface area contributed by atoms with E-state index in [2.05, 4.69) is 4.98 Å². The molecule has 0 aliphatic rings. The van der Waals surface area contributed by atoms with Crippen molar-refractivity contribution >= 4 is 5.65 Å². The van der Waals surface area contributed by atoms with Crippen molar-refractivity contribution in [3.63, 3.8) is 0 Å². The molecule has 0 aliphatic carbocycles. The number of nitrogens with zero attached hydrogens (tertiary/aromatic N) is 2. The van der Waals surface area contributed by atoms with Crippen molar-refractivity contribution in [2.75, 3.05) is 7.11 Å². The molecule has 3 aromatic rings. The highest BCUT2D eigenvalue weighted by molar-refractivity contribution is 5.83. The molecule has 0 N–H and O–H groups in total. The van der Waals surface area contributed by atoms with Crippen molar-refractivity contribution in [3.05, 3.63) is 54.2 Å². The van der Waals surface area contributed by atoms with E-state index < -0.39 is 0 Å². The van der Waals surface area contributed by atoms with Crippen LogP contribution in [-0.4, -0.2) is 16.5 Å². The Bertz CT molecular complexity index is 831. The summed E-state index contributed by atoms with van der Waals surface area (Å²) >= 11 is 0. The molecule has 22 heavy (non-hydrogen) atoms. The Balaban J connectivity index is 2.35. The monoisotopic (exact) mass is 298 g/mol. The minimum atomic E-state index is -0.270. The number of benzene rings is 1. The van der Waals surface area contributed by atoms with Crippen LogP contribution in [0, 0.1) is 5.82 Å². The Labute approximate surface area is 129 Å². The predicted molar refractivity (Wildman–Crippen MR) is 85.8 cm³/mol. The van der Waals surface area contributed by atoms with Gasteiger partial charge >= 0.3 is 0 Å². The maximum atomic E-state index is 15.1. The Morgan fingerprint density at radius 3 is 2.59 bits per heavy atom. The van der Waals surface area contributed by atoms with E-state index in [4.69, 9.17) is 4.74 Å². The second-order valence-corrected chi connectivity index (χ2v) is 6.33.